The number of aryl methyl sites for hydroxylation is 2. The predicted molar refractivity (Wildman–Crippen MR) is 179 cm³/mol. The zero-order valence-corrected chi connectivity index (χ0v) is 32.5. The van der Waals surface area contributed by atoms with Crippen molar-refractivity contribution in [3.8, 4) is 11.1 Å². The number of rotatable bonds is 2. The fourth-order valence-electron chi connectivity index (χ4n) is 5.12. The molecule has 0 unspecified atom stereocenters. The van der Waals surface area contributed by atoms with E-state index >= 15 is 0 Å². The van der Waals surface area contributed by atoms with Gasteiger partial charge in [-0.05, 0) is 28.4 Å². The van der Waals surface area contributed by atoms with Gasteiger partial charge in [-0.2, -0.15) is 42.0 Å². The molecule has 0 saturated carbocycles. The largest absolute Gasteiger partial charge is 1.00 e. The van der Waals surface area contributed by atoms with E-state index in [0.29, 0.717) is 0 Å². The first-order valence-electron chi connectivity index (χ1n) is 14.9. The van der Waals surface area contributed by atoms with Crippen LogP contribution in [0.25, 0.3) is 11.1 Å². The molecule has 0 heterocycles. The summed E-state index contributed by atoms with van der Waals surface area (Å²) in [5, 5.41) is 0. The maximum Gasteiger partial charge on any atom is -0.172 e. The maximum atomic E-state index is 3.67. The van der Waals surface area contributed by atoms with Gasteiger partial charge in [-0.1, -0.05) is 65.3 Å². The van der Waals surface area contributed by atoms with E-state index < -0.39 is 0 Å². The molecule has 5 aromatic carbocycles. The molecule has 0 spiro atoms. The molecule has 0 aliphatic heterocycles. The number of benzene rings is 4. The van der Waals surface area contributed by atoms with E-state index in [4.69, 9.17) is 0 Å². The summed E-state index contributed by atoms with van der Waals surface area (Å²) in [6.07, 6.45) is 1.03. The van der Waals surface area contributed by atoms with Gasteiger partial charge in [0, 0.05) is 0 Å². The van der Waals surface area contributed by atoms with Gasteiger partial charge in [0.1, 0.15) is 0 Å². The fourth-order valence-corrected chi connectivity index (χ4v) is 6.23. The number of hydrogen-bond donors (Lipinski definition) is 0. The van der Waals surface area contributed by atoms with Gasteiger partial charge in [-0.3, -0.25) is 0 Å². The Morgan fingerprint density at radius 1 is 0.659 bits per heavy atom. The van der Waals surface area contributed by atoms with Crippen LogP contribution in [-0.2, 0) is 41.1 Å². The minimum atomic E-state index is 0. The third kappa shape index (κ3) is 10.0. The van der Waals surface area contributed by atoms with Crippen molar-refractivity contribution in [1.29, 1.82) is 0 Å². The van der Waals surface area contributed by atoms with Gasteiger partial charge in [0.05, 0.1) is 0 Å². The first kappa shape index (κ1) is 37.7. The first-order valence-corrected chi connectivity index (χ1v) is 16.7. The quantitative estimate of drug-likeness (QED) is 0.180. The molecule has 3 heteroatoms. The average Bonchev–Trinajstić information content (AvgIpc) is 3.63. The second kappa shape index (κ2) is 16.2. The maximum absolute atomic E-state index is 3.67. The van der Waals surface area contributed by atoms with E-state index in [2.05, 4.69) is 140 Å². The van der Waals surface area contributed by atoms with Crippen molar-refractivity contribution >= 4 is 3.26 Å². The number of hydrogen-bond acceptors (Lipinski definition) is 0. The Kier molecular flexibility index (Phi) is 13.9. The van der Waals surface area contributed by atoms with Crippen LogP contribution in [0.3, 0.4) is 0 Å². The topological polar surface area (TPSA) is 0 Å². The summed E-state index contributed by atoms with van der Waals surface area (Å²) >= 11 is 1.08. The minimum Gasteiger partial charge on any atom is -1.00 e. The Labute approximate surface area is 293 Å². The molecule has 44 heavy (non-hydrogen) atoms. The molecule has 6 rings (SSSR count). The minimum absolute atomic E-state index is 0. The summed E-state index contributed by atoms with van der Waals surface area (Å²) in [6, 6.07) is 42.7. The summed E-state index contributed by atoms with van der Waals surface area (Å²) in [6.45, 7) is 17.9. The monoisotopic (exact) mass is 786 g/mol. The molecule has 0 bridgehead atoms. The van der Waals surface area contributed by atoms with Crippen LogP contribution in [0.1, 0.15) is 86.1 Å². The van der Waals surface area contributed by atoms with E-state index in [9.17, 15) is 0 Å². The van der Waals surface area contributed by atoms with Crippen LogP contribution >= 0.6 is 0 Å². The summed E-state index contributed by atoms with van der Waals surface area (Å²) < 4.78 is 1.48. The molecule has 0 nitrogen and oxygen atoms in total. The molecule has 1 aliphatic rings. The van der Waals surface area contributed by atoms with Crippen molar-refractivity contribution < 1.29 is 48.7 Å². The molecule has 5 aromatic rings. The third-order valence-corrected chi connectivity index (χ3v) is 9.71. The van der Waals surface area contributed by atoms with Gasteiger partial charge in [0.2, 0.25) is 0 Å². The van der Waals surface area contributed by atoms with Crippen molar-refractivity contribution in [3.05, 3.63) is 160 Å². The Balaban J connectivity index is 0.000000260. The smallest absolute Gasteiger partial charge is 0.172 e. The number of fused-ring (bicyclic) bond motifs is 3. The van der Waals surface area contributed by atoms with Crippen molar-refractivity contribution in [2.45, 2.75) is 72.6 Å². The molecule has 0 saturated heterocycles. The van der Waals surface area contributed by atoms with Crippen molar-refractivity contribution in [1.82, 2.24) is 0 Å². The second-order valence-corrected chi connectivity index (χ2v) is 15.2. The van der Waals surface area contributed by atoms with E-state index in [1.165, 1.54) is 58.9 Å². The van der Waals surface area contributed by atoms with E-state index in [0.717, 1.165) is 30.3 Å². The molecule has 0 atom stereocenters. The van der Waals surface area contributed by atoms with Crippen LogP contribution in [0, 0.1) is 19.9 Å². The van der Waals surface area contributed by atoms with Gasteiger partial charge in [-0.25, -0.2) is 12.1 Å². The van der Waals surface area contributed by atoms with Crippen LogP contribution in [0.4, 0.5) is 0 Å². The Hall–Kier alpha value is -2.45. The summed E-state index contributed by atoms with van der Waals surface area (Å²) in [5.41, 5.74) is 14.1. The Morgan fingerprint density at radius 2 is 1.20 bits per heavy atom. The normalized spacial score (nSPS) is 11.3. The van der Waals surface area contributed by atoms with Crippen molar-refractivity contribution in [3.63, 3.8) is 0 Å². The zero-order chi connectivity index (χ0) is 30.5. The summed E-state index contributed by atoms with van der Waals surface area (Å²) in [5.74, 6) is 0. The molecule has 228 valence electrons. The molecule has 0 amide bonds. The molecule has 0 N–H and O–H groups in total. The molecular formula is C41H44Cl2Hf-2. The molecule has 0 radical (unpaired) electrons. The number of halogens is 2. The van der Waals surface area contributed by atoms with E-state index in [1.54, 1.807) is 0 Å². The SMILES string of the molecule is CC(C)(C)c1[c-]c2c(cc1)-c1ccc(C(C)(C)C)cc1C2.Cc1cccc([C](=[Hf+2])c2cccc(C)c2)c1.[Cl-].[Cl-].c1cc[cH-]c1. The Morgan fingerprint density at radius 3 is 1.66 bits per heavy atom. The van der Waals surface area contributed by atoms with E-state index in [1.807, 2.05) is 30.3 Å². The fraction of sp³-hybridized carbons (Fsp3) is 0.268. The second-order valence-electron chi connectivity index (χ2n) is 13.4. The van der Waals surface area contributed by atoms with Crippen molar-refractivity contribution in [2.24, 2.45) is 0 Å². The standard InChI is InChI=1S/C21H25.C15H14.C5H5.2ClH.Hf/c1-20(2,3)16-7-9-18-14(12-16)11-15-13-17(21(4,5)6)8-10-19(15)18;1-12-5-3-7-14(9-12)11-15-8-4-6-13(2)10-15;1-2-4-5-3-1;;;/h7-10,12H,11H2,1-6H3;3-10H,1-2H3;1-5H;2*1H;/q-1;;-1;;;+2/p-2. The molecule has 0 fully saturated rings. The molecular weight excluding hydrogens is 742 g/mol. The summed E-state index contributed by atoms with van der Waals surface area (Å²) in [7, 11) is 0. The third-order valence-electron chi connectivity index (χ3n) is 7.63. The van der Waals surface area contributed by atoms with E-state index in [-0.39, 0.29) is 35.6 Å². The summed E-state index contributed by atoms with van der Waals surface area (Å²) in [4.78, 5) is 0. The molecule has 0 aromatic heterocycles. The van der Waals surface area contributed by atoms with Gasteiger partial charge < -0.3 is 24.8 Å². The average molecular weight is 786 g/mol. The van der Waals surface area contributed by atoms with Crippen LogP contribution in [0.5, 0.6) is 0 Å². The van der Waals surface area contributed by atoms with Gasteiger partial charge in [0.25, 0.3) is 0 Å². The van der Waals surface area contributed by atoms with Crippen LogP contribution in [0.15, 0.2) is 109 Å². The van der Waals surface area contributed by atoms with Crippen LogP contribution in [-0.4, -0.2) is 3.26 Å². The van der Waals surface area contributed by atoms with Gasteiger partial charge >= 0.3 is 112 Å². The van der Waals surface area contributed by atoms with Gasteiger partial charge in [0.15, 0.2) is 0 Å². The Bertz CT molecular complexity index is 1520. The van der Waals surface area contributed by atoms with Gasteiger partial charge in [-0.15, -0.1) is 11.1 Å². The van der Waals surface area contributed by atoms with Crippen molar-refractivity contribution in [2.75, 3.05) is 0 Å². The predicted octanol–water partition coefficient (Wildman–Crippen LogP) is 4.49. The zero-order valence-electron chi connectivity index (χ0n) is 27.4. The first-order chi connectivity index (χ1) is 19.8. The van der Waals surface area contributed by atoms with Crippen LogP contribution in [0.2, 0.25) is 0 Å². The van der Waals surface area contributed by atoms with Crippen LogP contribution < -0.4 is 24.8 Å². The molecule has 1 aliphatic carbocycles.